The van der Waals surface area contributed by atoms with Gasteiger partial charge in [-0.15, -0.1) is 11.3 Å². The summed E-state index contributed by atoms with van der Waals surface area (Å²) in [6, 6.07) is 21.7. The molecular weight excluding hydrogens is 394 g/mol. The molecule has 6 nitrogen and oxygen atoms in total. The van der Waals surface area contributed by atoms with E-state index in [1.165, 1.54) is 16.0 Å². The summed E-state index contributed by atoms with van der Waals surface area (Å²) in [6.45, 7) is 3.83. The molecule has 0 radical (unpaired) electrons. The number of aryl methyl sites for hydroxylation is 2. The number of nitrogens with zero attached hydrogens (tertiary/aromatic N) is 4. The summed E-state index contributed by atoms with van der Waals surface area (Å²) >= 11 is 1.43. The number of nitrogens with one attached hydrogen (secondary N) is 1. The van der Waals surface area contributed by atoms with Gasteiger partial charge in [0.1, 0.15) is 0 Å². The van der Waals surface area contributed by atoms with Crippen LogP contribution in [-0.4, -0.2) is 24.5 Å². The van der Waals surface area contributed by atoms with Gasteiger partial charge in [0.15, 0.2) is 0 Å². The van der Waals surface area contributed by atoms with Crippen molar-refractivity contribution in [3.8, 4) is 33.3 Å². The Bertz CT molecular complexity index is 1380. The molecule has 148 valence electrons. The van der Waals surface area contributed by atoms with Gasteiger partial charge in [-0.1, -0.05) is 48.5 Å². The van der Waals surface area contributed by atoms with E-state index in [1.54, 1.807) is 0 Å². The molecule has 2 aromatic carbocycles. The molecule has 7 heteroatoms. The third kappa shape index (κ3) is 3.09. The number of H-pyrrole nitrogens is 1. The van der Waals surface area contributed by atoms with Gasteiger partial charge in [0.05, 0.1) is 28.3 Å². The Morgan fingerprint density at radius 3 is 2.40 bits per heavy atom. The number of para-hydroxylation sites is 1. The highest BCUT2D eigenvalue weighted by Gasteiger charge is 2.21. The number of thiazole rings is 1. The Morgan fingerprint density at radius 1 is 0.967 bits per heavy atom. The van der Waals surface area contributed by atoms with Crippen LogP contribution >= 0.6 is 11.3 Å². The molecule has 0 saturated heterocycles. The van der Waals surface area contributed by atoms with Crippen LogP contribution in [0, 0.1) is 13.8 Å². The van der Waals surface area contributed by atoms with Crippen molar-refractivity contribution in [3.63, 3.8) is 0 Å². The zero-order chi connectivity index (χ0) is 20.7. The highest BCUT2D eigenvalue weighted by molar-refractivity contribution is 7.12. The first-order valence-corrected chi connectivity index (χ1v) is 10.4. The number of hydrogen-bond donors (Lipinski definition) is 1. The van der Waals surface area contributed by atoms with Crippen molar-refractivity contribution in [2.45, 2.75) is 13.8 Å². The Morgan fingerprint density at radius 2 is 1.67 bits per heavy atom. The van der Waals surface area contributed by atoms with Crippen LogP contribution in [0.25, 0.3) is 33.3 Å². The lowest BCUT2D eigenvalue weighted by molar-refractivity contribution is 0.827. The SMILES string of the molecule is Cc1cc(-c2c(C)[nH]n(-c3nc(-c4ccccc4)cs3)c2=O)n(-c2ccccc2)n1. The van der Waals surface area contributed by atoms with Gasteiger partial charge >= 0.3 is 0 Å². The normalized spacial score (nSPS) is 11.1. The Balaban J connectivity index is 1.62. The number of aromatic amines is 1. The molecule has 0 spiro atoms. The van der Waals surface area contributed by atoms with E-state index in [4.69, 9.17) is 0 Å². The smallest absolute Gasteiger partial charge is 0.283 e. The lowest BCUT2D eigenvalue weighted by atomic mass is 10.1. The van der Waals surface area contributed by atoms with Gasteiger partial charge in [0.2, 0.25) is 5.13 Å². The number of aromatic nitrogens is 5. The second-order valence-corrected chi connectivity index (χ2v) is 7.89. The highest BCUT2D eigenvalue weighted by Crippen LogP contribution is 2.26. The van der Waals surface area contributed by atoms with E-state index >= 15 is 0 Å². The van der Waals surface area contributed by atoms with Crippen LogP contribution in [-0.2, 0) is 0 Å². The number of hydrogen-bond acceptors (Lipinski definition) is 4. The Kier molecular flexibility index (Phi) is 4.44. The van der Waals surface area contributed by atoms with Crippen LogP contribution in [0.3, 0.4) is 0 Å². The molecule has 0 fully saturated rings. The third-order valence-corrected chi connectivity index (χ3v) is 5.74. The topological polar surface area (TPSA) is 68.5 Å². The van der Waals surface area contributed by atoms with Crippen molar-refractivity contribution in [2.75, 3.05) is 0 Å². The lowest BCUT2D eigenvalue weighted by Crippen LogP contribution is -2.16. The van der Waals surface area contributed by atoms with Crippen LogP contribution in [0.15, 0.2) is 76.9 Å². The summed E-state index contributed by atoms with van der Waals surface area (Å²) in [5.74, 6) is 0. The van der Waals surface area contributed by atoms with Gasteiger partial charge in [-0.05, 0) is 32.0 Å². The van der Waals surface area contributed by atoms with Crippen molar-refractivity contribution in [3.05, 3.63) is 93.9 Å². The Hall–Kier alpha value is -3.71. The Labute approximate surface area is 177 Å². The van der Waals surface area contributed by atoms with Crippen LogP contribution in [0.2, 0.25) is 0 Å². The van der Waals surface area contributed by atoms with Crippen molar-refractivity contribution < 1.29 is 0 Å². The first-order chi connectivity index (χ1) is 14.6. The van der Waals surface area contributed by atoms with Gasteiger partial charge in [-0.2, -0.15) is 9.78 Å². The van der Waals surface area contributed by atoms with Crippen molar-refractivity contribution in [1.82, 2.24) is 24.5 Å². The van der Waals surface area contributed by atoms with E-state index in [9.17, 15) is 4.79 Å². The molecule has 0 bridgehead atoms. The maximum Gasteiger partial charge on any atom is 0.283 e. The number of rotatable bonds is 4. The quantitative estimate of drug-likeness (QED) is 0.462. The molecule has 3 heterocycles. The largest absolute Gasteiger partial charge is 0.293 e. The first kappa shape index (κ1) is 18.3. The maximum atomic E-state index is 13.4. The molecule has 1 N–H and O–H groups in total. The summed E-state index contributed by atoms with van der Waals surface area (Å²) in [6.07, 6.45) is 0. The second kappa shape index (κ2) is 7.27. The van der Waals surface area contributed by atoms with Crippen molar-refractivity contribution >= 4 is 11.3 Å². The summed E-state index contributed by atoms with van der Waals surface area (Å²) in [5.41, 5.74) is 5.61. The predicted molar refractivity (Wildman–Crippen MR) is 120 cm³/mol. The minimum Gasteiger partial charge on any atom is -0.293 e. The predicted octanol–water partition coefficient (Wildman–Crippen LogP) is 4.76. The number of benzene rings is 2. The average Bonchev–Trinajstić information content (AvgIpc) is 3.47. The molecule has 0 unspecified atom stereocenters. The fourth-order valence-corrected chi connectivity index (χ4v) is 4.33. The third-order valence-electron chi connectivity index (χ3n) is 4.91. The molecular formula is C23H19N5OS. The molecule has 0 amide bonds. The van der Waals surface area contributed by atoms with Gasteiger partial charge < -0.3 is 0 Å². The van der Waals surface area contributed by atoms with Crippen LogP contribution in [0.4, 0.5) is 0 Å². The van der Waals surface area contributed by atoms with Crippen LogP contribution in [0.5, 0.6) is 0 Å². The fourth-order valence-electron chi connectivity index (χ4n) is 3.53. The summed E-state index contributed by atoms with van der Waals surface area (Å²) in [7, 11) is 0. The van der Waals surface area contributed by atoms with E-state index < -0.39 is 0 Å². The summed E-state index contributed by atoms with van der Waals surface area (Å²) in [4.78, 5) is 18.1. The monoisotopic (exact) mass is 413 g/mol. The van der Waals surface area contributed by atoms with Crippen molar-refractivity contribution in [2.24, 2.45) is 0 Å². The second-order valence-electron chi connectivity index (χ2n) is 7.05. The zero-order valence-electron chi connectivity index (χ0n) is 16.5. The minimum absolute atomic E-state index is 0.140. The van der Waals surface area contributed by atoms with E-state index in [1.807, 2.05) is 90.6 Å². The fraction of sp³-hybridized carbons (Fsp3) is 0.0870. The molecule has 3 aromatic heterocycles. The van der Waals surface area contributed by atoms with E-state index in [2.05, 4.69) is 15.2 Å². The van der Waals surface area contributed by atoms with Gasteiger partial charge in [0, 0.05) is 16.6 Å². The van der Waals surface area contributed by atoms with Crippen LogP contribution in [0.1, 0.15) is 11.4 Å². The molecule has 5 rings (SSSR count). The van der Waals surface area contributed by atoms with Gasteiger partial charge in [0.25, 0.3) is 5.56 Å². The molecule has 5 aromatic rings. The molecule has 0 saturated carbocycles. The standard InChI is InChI=1S/C23H19N5OS/c1-15-13-20(27(25-15)18-11-7-4-8-12-18)21-16(2)26-28(22(21)29)23-24-19(14-30-23)17-9-5-3-6-10-17/h3-14,26H,1-2H3. The molecule has 30 heavy (non-hydrogen) atoms. The lowest BCUT2D eigenvalue weighted by Gasteiger charge is -2.05. The maximum absolute atomic E-state index is 13.4. The first-order valence-electron chi connectivity index (χ1n) is 9.57. The van der Waals surface area contributed by atoms with E-state index in [-0.39, 0.29) is 5.56 Å². The van der Waals surface area contributed by atoms with E-state index in [0.29, 0.717) is 10.7 Å². The van der Waals surface area contributed by atoms with E-state index in [0.717, 1.165) is 34.0 Å². The van der Waals surface area contributed by atoms with Gasteiger partial charge in [-0.25, -0.2) is 9.67 Å². The van der Waals surface area contributed by atoms with Gasteiger partial charge in [-0.3, -0.25) is 9.89 Å². The van der Waals surface area contributed by atoms with Crippen molar-refractivity contribution in [1.29, 1.82) is 0 Å². The minimum atomic E-state index is -0.140. The molecule has 0 atom stereocenters. The molecule has 0 aliphatic rings. The molecule has 0 aliphatic heterocycles. The summed E-state index contributed by atoms with van der Waals surface area (Å²) in [5, 5.41) is 10.4. The highest BCUT2D eigenvalue weighted by atomic mass is 32.1. The zero-order valence-corrected chi connectivity index (χ0v) is 17.4. The van der Waals surface area contributed by atoms with Crippen LogP contribution < -0.4 is 5.56 Å². The summed E-state index contributed by atoms with van der Waals surface area (Å²) < 4.78 is 3.33. The average molecular weight is 414 g/mol. The molecule has 0 aliphatic carbocycles.